The van der Waals surface area contributed by atoms with Gasteiger partial charge in [-0.25, -0.2) is 13.1 Å². The molecule has 0 heterocycles. The van der Waals surface area contributed by atoms with Crippen molar-refractivity contribution in [2.24, 2.45) is 11.7 Å². The van der Waals surface area contributed by atoms with E-state index in [9.17, 15) is 13.2 Å². The quantitative estimate of drug-likeness (QED) is 0.655. The summed E-state index contributed by atoms with van der Waals surface area (Å²) in [5.41, 5.74) is 6.89. The number of hydrogen-bond acceptors (Lipinski definition) is 4. The number of hydrogen-bond donors (Lipinski definition) is 3. The van der Waals surface area contributed by atoms with Gasteiger partial charge < -0.3 is 11.1 Å². The monoisotopic (exact) mass is 373 g/mol. The average molecular weight is 373 g/mol. The fourth-order valence-electron chi connectivity index (χ4n) is 2.78. The van der Waals surface area contributed by atoms with Gasteiger partial charge in [-0.2, -0.15) is 0 Å². The highest BCUT2D eigenvalue weighted by atomic mass is 32.2. The fourth-order valence-corrected chi connectivity index (χ4v) is 3.84. The Hall–Kier alpha value is -2.22. The molecule has 0 aromatic heterocycles. The van der Waals surface area contributed by atoms with E-state index in [0.29, 0.717) is 18.0 Å². The van der Waals surface area contributed by atoms with Crippen LogP contribution in [-0.2, 0) is 16.6 Å². The van der Waals surface area contributed by atoms with E-state index in [1.54, 1.807) is 12.1 Å². The normalized spacial score (nSPS) is 15.4. The molecule has 26 heavy (non-hydrogen) atoms. The van der Waals surface area contributed by atoms with Crippen LogP contribution in [0.4, 0.5) is 0 Å². The maximum absolute atomic E-state index is 12.5. The van der Waals surface area contributed by atoms with Crippen LogP contribution in [0.3, 0.4) is 0 Å². The molecule has 0 aliphatic heterocycles. The third-order valence-electron chi connectivity index (χ3n) is 4.48. The zero-order chi connectivity index (χ0) is 18.6. The standard InChI is InChI=1S/C19H23N3O3S/c20-12-18(15-9-10-15)22-19(23)16-7-4-8-17(11-16)26(24,25)21-13-14-5-2-1-3-6-14/h1-8,11,15,18,21H,9-10,12-13,20H2,(H,22,23). The maximum atomic E-state index is 12.5. The van der Waals surface area contributed by atoms with Gasteiger partial charge in [0.15, 0.2) is 0 Å². The molecule has 0 radical (unpaired) electrons. The molecular weight excluding hydrogens is 350 g/mol. The molecule has 1 unspecified atom stereocenters. The summed E-state index contributed by atoms with van der Waals surface area (Å²) < 4.78 is 27.6. The Kier molecular flexibility index (Phi) is 5.70. The highest BCUT2D eigenvalue weighted by Crippen LogP contribution is 2.32. The first-order valence-corrected chi connectivity index (χ1v) is 10.1. The molecule has 1 fully saturated rings. The van der Waals surface area contributed by atoms with Crippen LogP contribution in [0.25, 0.3) is 0 Å². The van der Waals surface area contributed by atoms with Crippen LogP contribution in [-0.4, -0.2) is 26.9 Å². The Morgan fingerprint density at radius 3 is 2.50 bits per heavy atom. The summed E-state index contributed by atoms with van der Waals surface area (Å²) in [6.07, 6.45) is 2.14. The molecule has 6 nitrogen and oxygen atoms in total. The molecule has 2 aromatic carbocycles. The van der Waals surface area contributed by atoms with Crippen molar-refractivity contribution in [2.45, 2.75) is 30.3 Å². The first-order chi connectivity index (χ1) is 12.5. The smallest absolute Gasteiger partial charge is 0.251 e. The molecule has 2 aromatic rings. The molecule has 0 bridgehead atoms. The van der Waals surface area contributed by atoms with Gasteiger partial charge in [-0.05, 0) is 42.5 Å². The molecule has 1 aliphatic rings. The predicted octanol–water partition coefficient (Wildman–Crippen LogP) is 1.63. The van der Waals surface area contributed by atoms with E-state index in [4.69, 9.17) is 5.73 Å². The number of sulfonamides is 1. The Morgan fingerprint density at radius 1 is 1.12 bits per heavy atom. The highest BCUT2D eigenvalue weighted by Gasteiger charge is 2.31. The van der Waals surface area contributed by atoms with E-state index in [1.807, 2.05) is 30.3 Å². The van der Waals surface area contributed by atoms with Crippen LogP contribution in [0.1, 0.15) is 28.8 Å². The minimum atomic E-state index is -3.71. The molecule has 3 rings (SSSR count). The van der Waals surface area contributed by atoms with Gasteiger partial charge in [0, 0.05) is 24.7 Å². The van der Waals surface area contributed by atoms with Gasteiger partial charge >= 0.3 is 0 Å². The highest BCUT2D eigenvalue weighted by molar-refractivity contribution is 7.89. The summed E-state index contributed by atoms with van der Waals surface area (Å²) in [7, 11) is -3.71. The second kappa shape index (κ2) is 7.99. The summed E-state index contributed by atoms with van der Waals surface area (Å²) >= 11 is 0. The van der Waals surface area contributed by atoms with Gasteiger partial charge in [0.05, 0.1) is 4.90 Å². The third-order valence-corrected chi connectivity index (χ3v) is 5.88. The van der Waals surface area contributed by atoms with Gasteiger partial charge in [-0.15, -0.1) is 0 Å². The third kappa shape index (κ3) is 4.69. The van der Waals surface area contributed by atoms with E-state index < -0.39 is 10.0 Å². The van der Waals surface area contributed by atoms with Crippen molar-refractivity contribution in [1.82, 2.24) is 10.0 Å². The topological polar surface area (TPSA) is 101 Å². The number of carbonyl (C=O) groups is 1. The number of rotatable bonds is 8. The largest absolute Gasteiger partial charge is 0.348 e. The van der Waals surface area contributed by atoms with Gasteiger partial charge in [-0.1, -0.05) is 36.4 Å². The summed E-state index contributed by atoms with van der Waals surface area (Å²) in [5.74, 6) is 0.135. The molecule has 1 amide bonds. The van der Waals surface area contributed by atoms with Gasteiger partial charge in [0.2, 0.25) is 10.0 Å². The Labute approximate surface area is 153 Å². The molecule has 1 atom stereocenters. The molecule has 0 spiro atoms. The lowest BCUT2D eigenvalue weighted by atomic mass is 10.1. The minimum absolute atomic E-state index is 0.0565. The zero-order valence-corrected chi connectivity index (χ0v) is 15.2. The van der Waals surface area contributed by atoms with Crippen molar-refractivity contribution < 1.29 is 13.2 Å². The van der Waals surface area contributed by atoms with Crippen molar-refractivity contribution in [1.29, 1.82) is 0 Å². The number of nitrogens with two attached hydrogens (primary N) is 1. The Morgan fingerprint density at radius 2 is 1.85 bits per heavy atom. The molecule has 1 saturated carbocycles. The zero-order valence-electron chi connectivity index (χ0n) is 14.4. The van der Waals surface area contributed by atoms with E-state index >= 15 is 0 Å². The lowest BCUT2D eigenvalue weighted by Gasteiger charge is -2.16. The van der Waals surface area contributed by atoms with E-state index in [0.717, 1.165) is 18.4 Å². The van der Waals surface area contributed by atoms with E-state index in [2.05, 4.69) is 10.0 Å². The second-order valence-electron chi connectivity index (χ2n) is 6.49. The lowest BCUT2D eigenvalue weighted by molar-refractivity contribution is 0.0933. The molecular formula is C19H23N3O3S. The van der Waals surface area contributed by atoms with Gasteiger partial charge in [0.1, 0.15) is 0 Å². The van der Waals surface area contributed by atoms with Gasteiger partial charge in [-0.3, -0.25) is 4.79 Å². The molecule has 7 heteroatoms. The van der Waals surface area contributed by atoms with E-state index in [-0.39, 0.29) is 23.4 Å². The van der Waals surface area contributed by atoms with Crippen LogP contribution in [0.5, 0.6) is 0 Å². The fraction of sp³-hybridized carbons (Fsp3) is 0.316. The number of amides is 1. The predicted molar refractivity (Wildman–Crippen MR) is 99.9 cm³/mol. The number of benzene rings is 2. The van der Waals surface area contributed by atoms with Crippen molar-refractivity contribution in [3.63, 3.8) is 0 Å². The van der Waals surface area contributed by atoms with E-state index in [1.165, 1.54) is 12.1 Å². The summed E-state index contributed by atoms with van der Waals surface area (Å²) in [5, 5.41) is 2.90. The first-order valence-electron chi connectivity index (χ1n) is 8.64. The molecule has 138 valence electrons. The first kappa shape index (κ1) is 18.6. The van der Waals surface area contributed by atoms with Crippen molar-refractivity contribution in [3.8, 4) is 0 Å². The average Bonchev–Trinajstić information content (AvgIpc) is 3.50. The molecule has 0 saturated heterocycles. The Balaban J connectivity index is 1.70. The van der Waals surface area contributed by atoms with Crippen molar-refractivity contribution in [2.75, 3.05) is 6.54 Å². The SMILES string of the molecule is NCC(NC(=O)c1cccc(S(=O)(=O)NCc2ccccc2)c1)C1CC1. The number of carbonyl (C=O) groups excluding carboxylic acids is 1. The minimum Gasteiger partial charge on any atom is -0.348 e. The van der Waals surface area contributed by atoms with Crippen molar-refractivity contribution in [3.05, 3.63) is 65.7 Å². The van der Waals surface area contributed by atoms with Gasteiger partial charge in [0.25, 0.3) is 5.91 Å². The van der Waals surface area contributed by atoms with Crippen molar-refractivity contribution >= 4 is 15.9 Å². The lowest BCUT2D eigenvalue weighted by Crippen LogP contribution is -2.41. The maximum Gasteiger partial charge on any atom is 0.251 e. The molecule has 1 aliphatic carbocycles. The summed E-state index contributed by atoms with van der Waals surface area (Å²) in [4.78, 5) is 12.5. The number of nitrogens with one attached hydrogen (secondary N) is 2. The van der Waals surface area contributed by atoms with Crippen LogP contribution in [0, 0.1) is 5.92 Å². The second-order valence-corrected chi connectivity index (χ2v) is 8.26. The van der Waals surface area contributed by atoms with Crippen LogP contribution < -0.4 is 15.8 Å². The molecule has 4 N–H and O–H groups in total. The van der Waals surface area contributed by atoms with Crippen LogP contribution >= 0.6 is 0 Å². The Bertz CT molecular complexity index is 865. The van der Waals surface area contributed by atoms with Crippen LogP contribution in [0.2, 0.25) is 0 Å². The summed E-state index contributed by atoms with van der Waals surface area (Å²) in [6, 6.07) is 15.2. The summed E-state index contributed by atoms with van der Waals surface area (Å²) in [6.45, 7) is 0.573. The van der Waals surface area contributed by atoms with Crippen LogP contribution in [0.15, 0.2) is 59.5 Å².